The summed E-state index contributed by atoms with van der Waals surface area (Å²) in [4.78, 5) is 21.5. The van der Waals surface area contributed by atoms with Crippen LogP contribution in [0, 0.1) is 0 Å². The normalized spacial score (nSPS) is 11.8. The lowest BCUT2D eigenvalue weighted by molar-refractivity contribution is -0.160. The van der Waals surface area contributed by atoms with E-state index in [9.17, 15) is 9.59 Å². The van der Waals surface area contributed by atoms with Crippen molar-refractivity contribution in [1.29, 1.82) is 0 Å². The predicted octanol–water partition coefficient (Wildman–Crippen LogP) is 0.595. The SMILES string of the molecule is C=CCOC(=O)C(CC(=O)O)OCC. The van der Waals surface area contributed by atoms with Crippen LogP contribution in [0.2, 0.25) is 0 Å². The number of ether oxygens (including phenoxy) is 2. The van der Waals surface area contributed by atoms with Gasteiger partial charge in [-0.05, 0) is 6.92 Å². The number of hydrogen-bond donors (Lipinski definition) is 1. The van der Waals surface area contributed by atoms with E-state index >= 15 is 0 Å². The minimum absolute atomic E-state index is 0.0576. The van der Waals surface area contributed by atoms with Gasteiger partial charge in [-0.3, -0.25) is 4.79 Å². The first-order valence-electron chi connectivity index (χ1n) is 4.22. The molecular weight excluding hydrogens is 188 g/mol. The monoisotopic (exact) mass is 202 g/mol. The molecular formula is C9H14O5. The fourth-order valence-corrected chi connectivity index (χ4v) is 0.804. The molecule has 0 amide bonds. The van der Waals surface area contributed by atoms with Gasteiger partial charge < -0.3 is 14.6 Å². The number of rotatable bonds is 7. The topological polar surface area (TPSA) is 72.8 Å². The number of carboxylic acids is 1. The Morgan fingerprint density at radius 1 is 1.57 bits per heavy atom. The molecule has 0 aromatic carbocycles. The van der Waals surface area contributed by atoms with Gasteiger partial charge in [-0.25, -0.2) is 4.79 Å². The van der Waals surface area contributed by atoms with Crippen LogP contribution in [0.25, 0.3) is 0 Å². The zero-order chi connectivity index (χ0) is 11.0. The number of carbonyl (C=O) groups excluding carboxylic acids is 1. The Kier molecular flexibility index (Phi) is 6.39. The molecule has 0 rings (SSSR count). The highest BCUT2D eigenvalue weighted by Gasteiger charge is 2.22. The summed E-state index contributed by atoms with van der Waals surface area (Å²) >= 11 is 0. The van der Waals surface area contributed by atoms with E-state index in [2.05, 4.69) is 11.3 Å². The molecule has 1 unspecified atom stereocenters. The Balaban J connectivity index is 4.09. The second-order valence-corrected chi connectivity index (χ2v) is 2.46. The molecule has 0 radical (unpaired) electrons. The molecule has 5 heteroatoms. The maximum atomic E-state index is 11.2. The first-order valence-corrected chi connectivity index (χ1v) is 4.22. The van der Waals surface area contributed by atoms with Gasteiger partial charge in [-0.1, -0.05) is 12.7 Å². The van der Waals surface area contributed by atoms with Gasteiger partial charge in [0, 0.05) is 6.61 Å². The molecule has 0 bridgehead atoms. The molecule has 80 valence electrons. The Bertz CT molecular complexity index is 211. The van der Waals surface area contributed by atoms with Crippen molar-refractivity contribution < 1.29 is 24.2 Å². The van der Waals surface area contributed by atoms with Crippen molar-refractivity contribution in [1.82, 2.24) is 0 Å². The van der Waals surface area contributed by atoms with Crippen LogP contribution in [0.5, 0.6) is 0 Å². The van der Waals surface area contributed by atoms with E-state index in [-0.39, 0.29) is 19.6 Å². The van der Waals surface area contributed by atoms with Gasteiger partial charge in [0.05, 0.1) is 6.42 Å². The van der Waals surface area contributed by atoms with Crippen LogP contribution in [0.4, 0.5) is 0 Å². The molecule has 0 heterocycles. The Morgan fingerprint density at radius 3 is 2.64 bits per heavy atom. The van der Waals surface area contributed by atoms with Crippen molar-refractivity contribution >= 4 is 11.9 Å². The molecule has 1 N–H and O–H groups in total. The summed E-state index contributed by atoms with van der Waals surface area (Å²) in [6.07, 6.45) is -0.0108. The molecule has 0 saturated carbocycles. The molecule has 0 aromatic heterocycles. The first kappa shape index (κ1) is 12.6. The third kappa shape index (κ3) is 5.31. The van der Waals surface area contributed by atoms with Gasteiger partial charge in [0.2, 0.25) is 0 Å². The maximum absolute atomic E-state index is 11.2. The summed E-state index contributed by atoms with van der Waals surface area (Å²) in [5, 5.41) is 8.48. The fraction of sp³-hybridized carbons (Fsp3) is 0.556. The number of hydrogen-bond acceptors (Lipinski definition) is 4. The summed E-state index contributed by atoms with van der Waals surface area (Å²) in [6.45, 7) is 5.36. The van der Waals surface area contributed by atoms with Crippen molar-refractivity contribution in [3.05, 3.63) is 12.7 Å². The third-order valence-electron chi connectivity index (χ3n) is 1.33. The number of carbonyl (C=O) groups is 2. The minimum Gasteiger partial charge on any atom is -0.481 e. The zero-order valence-corrected chi connectivity index (χ0v) is 8.06. The lowest BCUT2D eigenvalue weighted by Crippen LogP contribution is -2.29. The molecule has 5 nitrogen and oxygen atoms in total. The van der Waals surface area contributed by atoms with Crippen LogP contribution in [0.3, 0.4) is 0 Å². The van der Waals surface area contributed by atoms with Crippen LogP contribution in [-0.4, -0.2) is 36.4 Å². The first-order chi connectivity index (χ1) is 6.61. The zero-order valence-electron chi connectivity index (χ0n) is 8.06. The average Bonchev–Trinajstić information content (AvgIpc) is 2.13. The number of esters is 1. The summed E-state index contributed by atoms with van der Waals surface area (Å²) in [7, 11) is 0. The Hall–Kier alpha value is -1.36. The fourth-order valence-electron chi connectivity index (χ4n) is 0.804. The van der Waals surface area contributed by atoms with Crippen LogP contribution in [-0.2, 0) is 19.1 Å². The van der Waals surface area contributed by atoms with Crippen LogP contribution < -0.4 is 0 Å². The molecule has 0 aliphatic heterocycles. The summed E-state index contributed by atoms with van der Waals surface area (Å²) in [5.74, 6) is -1.77. The van der Waals surface area contributed by atoms with Gasteiger partial charge >= 0.3 is 11.9 Å². The smallest absolute Gasteiger partial charge is 0.336 e. The second kappa shape index (κ2) is 7.08. The lowest BCUT2D eigenvalue weighted by Gasteiger charge is -2.12. The highest BCUT2D eigenvalue weighted by Crippen LogP contribution is 2.01. The molecule has 0 fully saturated rings. The van der Waals surface area contributed by atoms with E-state index in [0.717, 1.165) is 0 Å². The van der Waals surface area contributed by atoms with Crippen molar-refractivity contribution in [2.24, 2.45) is 0 Å². The maximum Gasteiger partial charge on any atom is 0.336 e. The predicted molar refractivity (Wildman–Crippen MR) is 48.8 cm³/mol. The lowest BCUT2D eigenvalue weighted by atomic mass is 10.2. The molecule has 14 heavy (non-hydrogen) atoms. The van der Waals surface area contributed by atoms with E-state index in [1.54, 1.807) is 6.92 Å². The van der Waals surface area contributed by atoms with E-state index in [1.165, 1.54) is 6.08 Å². The highest BCUT2D eigenvalue weighted by molar-refractivity contribution is 5.81. The van der Waals surface area contributed by atoms with Crippen LogP contribution in [0.1, 0.15) is 13.3 Å². The van der Waals surface area contributed by atoms with Gasteiger partial charge in [0.15, 0.2) is 6.10 Å². The molecule has 0 aliphatic carbocycles. The van der Waals surface area contributed by atoms with Gasteiger partial charge in [0.1, 0.15) is 6.61 Å². The molecule has 1 atom stereocenters. The van der Waals surface area contributed by atoms with Crippen LogP contribution >= 0.6 is 0 Å². The van der Waals surface area contributed by atoms with E-state index < -0.39 is 18.0 Å². The van der Waals surface area contributed by atoms with E-state index in [0.29, 0.717) is 0 Å². The Morgan fingerprint density at radius 2 is 2.21 bits per heavy atom. The Labute approximate surface area is 82.3 Å². The molecule has 0 spiro atoms. The quantitative estimate of drug-likeness (QED) is 0.483. The summed E-state index contributed by atoms with van der Waals surface area (Å²) in [5.41, 5.74) is 0. The van der Waals surface area contributed by atoms with Crippen LogP contribution in [0.15, 0.2) is 12.7 Å². The average molecular weight is 202 g/mol. The third-order valence-corrected chi connectivity index (χ3v) is 1.33. The second-order valence-electron chi connectivity index (χ2n) is 2.46. The van der Waals surface area contributed by atoms with E-state index in [1.807, 2.05) is 0 Å². The summed E-state index contributed by atoms with van der Waals surface area (Å²) in [6, 6.07) is 0. The largest absolute Gasteiger partial charge is 0.481 e. The number of aliphatic carboxylic acids is 1. The minimum atomic E-state index is -1.10. The van der Waals surface area contributed by atoms with Gasteiger partial charge in [0.25, 0.3) is 0 Å². The van der Waals surface area contributed by atoms with Crippen molar-refractivity contribution in [2.75, 3.05) is 13.2 Å². The van der Waals surface area contributed by atoms with Gasteiger partial charge in [-0.2, -0.15) is 0 Å². The van der Waals surface area contributed by atoms with Crippen molar-refractivity contribution in [2.45, 2.75) is 19.4 Å². The molecule has 0 aliphatic rings. The van der Waals surface area contributed by atoms with Crippen molar-refractivity contribution in [3.8, 4) is 0 Å². The standard InChI is InChI=1S/C9H14O5/c1-3-5-14-9(12)7(13-4-2)6-8(10)11/h3,7H,1,4-6H2,2H3,(H,10,11). The summed E-state index contributed by atoms with van der Waals surface area (Å²) < 4.78 is 9.58. The molecule has 0 aromatic rings. The van der Waals surface area contributed by atoms with E-state index in [4.69, 9.17) is 9.84 Å². The van der Waals surface area contributed by atoms with Gasteiger partial charge in [-0.15, -0.1) is 0 Å². The van der Waals surface area contributed by atoms with Crippen molar-refractivity contribution in [3.63, 3.8) is 0 Å². The molecule has 0 saturated heterocycles. The number of carboxylic acid groups (broad SMARTS) is 1. The highest BCUT2D eigenvalue weighted by atomic mass is 16.6.